The summed E-state index contributed by atoms with van der Waals surface area (Å²) in [4.78, 5) is 28.7. The zero-order chi connectivity index (χ0) is 30.5. The van der Waals surface area contributed by atoms with Gasteiger partial charge in [0, 0.05) is 49.1 Å². The Morgan fingerprint density at radius 3 is 2.35 bits per heavy atom. The first-order valence-corrected chi connectivity index (χ1v) is 15.4. The normalized spacial score (nSPS) is 25.2. The molecule has 3 unspecified atom stereocenters. The van der Waals surface area contributed by atoms with E-state index >= 15 is 0 Å². The largest absolute Gasteiger partial charge is 0.417 e. The standard InChI is InChI=1S/C31H38F5N5O2/c1-18(28(42)37-19-7-6-8-19)25(13-14-40-16-23-24(17-40)30(23,32)33)38-29(43)26-15-27(41(39-26)20-9-2-3-10-20)21-11-4-5-12-22(21)31(34,35)36/h4-5,11-12,15,18-20,23-25H,2-3,6-10,13-14,16-17H2,1H3,(H,37,42)(H,38,43)/t18?,23?,24?,25-/m0/s1. The molecule has 3 saturated carbocycles. The van der Waals surface area contributed by atoms with E-state index in [2.05, 4.69) is 15.7 Å². The summed E-state index contributed by atoms with van der Waals surface area (Å²) in [5.41, 5.74) is -0.621. The van der Waals surface area contributed by atoms with Gasteiger partial charge in [-0.05, 0) is 50.7 Å². The summed E-state index contributed by atoms with van der Waals surface area (Å²) in [7, 11) is 0. The van der Waals surface area contributed by atoms with Crippen molar-refractivity contribution in [3.05, 3.63) is 41.6 Å². The number of fused-ring (bicyclic) bond motifs is 1. The minimum Gasteiger partial charge on any atom is -0.353 e. The highest BCUT2D eigenvalue weighted by atomic mass is 19.4. The molecule has 0 spiro atoms. The van der Waals surface area contributed by atoms with Gasteiger partial charge in [0.25, 0.3) is 11.8 Å². The van der Waals surface area contributed by atoms with Gasteiger partial charge in [-0.15, -0.1) is 0 Å². The number of hydrogen-bond acceptors (Lipinski definition) is 4. The van der Waals surface area contributed by atoms with Crippen LogP contribution in [-0.2, 0) is 11.0 Å². The van der Waals surface area contributed by atoms with E-state index < -0.39 is 47.4 Å². The average Bonchev–Trinajstić information content (AvgIpc) is 3.55. The van der Waals surface area contributed by atoms with Crippen LogP contribution in [0.2, 0.25) is 0 Å². The smallest absolute Gasteiger partial charge is 0.353 e. The van der Waals surface area contributed by atoms with Gasteiger partial charge in [0.15, 0.2) is 5.69 Å². The Morgan fingerprint density at radius 2 is 1.72 bits per heavy atom. The lowest BCUT2D eigenvalue weighted by atomic mass is 9.91. The van der Waals surface area contributed by atoms with Crippen LogP contribution in [0.15, 0.2) is 30.3 Å². The Bertz CT molecular complexity index is 1340. The van der Waals surface area contributed by atoms with Crippen molar-refractivity contribution in [2.75, 3.05) is 19.6 Å². The third-order valence-electron chi connectivity index (χ3n) is 9.96. The fraction of sp³-hybridized carbons (Fsp3) is 0.645. The van der Waals surface area contributed by atoms with E-state index in [1.165, 1.54) is 24.3 Å². The lowest BCUT2D eigenvalue weighted by Gasteiger charge is -2.31. The minimum atomic E-state index is -4.59. The SMILES string of the molecule is CC(C(=O)NC1CCC1)[C@H](CCN1CC2C(C1)C2(F)F)NC(=O)c1cc(-c2ccccc2C(F)(F)F)n(C2CCCC2)n1. The Hall–Kier alpha value is -3.02. The Kier molecular flexibility index (Phi) is 8.02. The number of alkyl halides is 5. The molecule has 0 radical (unpaired) electrons. The molecule has 2 heterocycles. The number of nitrogens with zero attached hydrogens (tertiary/aromatic N) is 3. The lowest BCUT2D eigenvalue weighted by molar-refractivity contribution is -0.137. The second-order valence-electron chi connectivity index (χ2n) is 12.8. The molecule has 1 aliphatic heterocycles. The molecular formula is C31H38F5N5O2. The number of rotatable bonds is 10. The number of nitrogens with one attached hydrogen (secondary N) is 2. The Labute approximate surface area is 247 Å². The van der Waals surface area contributed by atoms with Gasteiger partial charge in [-0.1, -0.05) is 38.0 Å². The molecular weight excluding hydrogens is 569 g/mol. The molecule has 4 fully saturated rings. The molecule has 4 atom stereocenters. The van der Waals surface area contributed by atoms with Gasteiger partial charge in [0.2, 0.25) is 5.91 Å². The van der Waals surface area contributed by atoms with Crippen LogP contribution in [0.5, 0.6) is 0 Å². The number of halogens is 5. The van der Waals surface area contributed by atoms with Crippen LogP contribution >= 0.6 is 0 Å². The van der Waals surface area contributed by atoms with Crippen LogP contribution in [-0.4, -0.2) is 64.1 Å². The number of likely N-dealkylation sites (tertiary alicyclic amines) is 1. The summed E-state index contributed by atoms with van der Waals surface area (Å²) >= 11 is 0. The van der Waals surface area contributed by atoms with Crippen molar-refractivity contribution in [3.8, 4) is 11.3 Å². The maximum absolute atomic E-state index is 14.0. The van der Waals surface area contributed by atoms with Gasteiger partial charge < -0.3 is 15.5 Å². The predicted octanol–water partition coefficient (Wildman–Crippen LogP) is 5.67. The van der Waals surface area contributed by atoms with Crippen molar-refractivity contribution in [2.24, 2.45) is 17.8 Å². The van der Waals surface area contributed by atoms with E-state index in [-0.39, 0.29) is 48.0 Å². The second kappa shape index (κ2) is 11.5. The van der Waals surface area contributed by atoms with Crippen molar-refractivity contribution in [1.82, 2.24) is 25.3 Å². The summed E-state index contributed by atoms with van der Waals surface area (Å²) in [5.74, 6) is -5.23. The van der Waals surface area contributed by atoms with Crippen LogP contribution in [0.1, 0.15) is 80.4 Å². The molecule has 2 aromatic rings. The molecule has 4 aliphatic rings. The highest BCUT2D eigenvalue weighted by Crippen LogP contribution is 2.59. The molecule has 1 aromatic carbocycles. The van der Waals surface area contributed by atoms with Crippen molar-refractivity contribution in [2.45, 2.75) is 88.5 Å². The van der Waals surface area contributed by atoms with Crippen molar-refractivity contribution in [3.63, 3.8) is 0 Å². The van der Waals surface area contributed by atoms with Gasteiger partial charge >= 0.3 is 6.18 Å². The van der Waals surface area contributed by atoms with Gasteiger partial charge in [-0.2, -0.15) is 18.3 Å². The summed E-state index contributed by atoms with van der Waals surface area (Å²) in [6, 6.07) is 6.06. The number of benzene rings is 1. The third-order valence-corrected chi connectivity index (χ3v) is 9.96. The minimum absolute atomic E-state index is 0.0162. The number of hydrogen-bond donors (Lipinski definition) is 2. The van der Waals surface area contributed by atoms with E-state index in [9.17, 15) is 31.5 Å². The highest BCUT2D eigenvalue weighted by Gasteiger charge is 2.71. The van der Waals surface area contributed by atoms with Crippen LogP contribution < -0.4 is 10.6 Å². The topological polar surface area (TPSA) is 79.3 Å². The zero-order valence-corrected chi connectivity index (χ0v) is 24.2. The summed E-state index contributed by atoms with van der Waals surface area (Å²) < 4.78 is 70.9. The fourth-order valence-corrected chi connectivity index (χ4v) is 6.94. The van der Waals surface area contributed by atoms with Crippen molar-refractivity contribution >= 4 is 11.8 Å². The summed E-state index contributed by atoms with van der Waals surface area (Å²) in [5, 5.41) is 10.5. The van der Waals surface area contributed by atoms with Crippen molar-refractivity contribution in [1.29, 1.82) is 0 Å². The molecule has 0 bridgehead atoms. The van der Waals surface area contributed by atoms with Crippen LogP contribution in [0.25, 0.3) is 11.3 Å². The first-order chi connectivity index (χ1) is 20.4. The van der Waals surface area contributed by atoms with Gasteiger partial charge in [-0.3, -0.25) is 14.3 Å². The first-order valence-electron chi connectivity index (χ1n) is 15.4. The van der Waals surface area contributed by atoms with Gasteiger partial charge in [0.1, 0.15) is 0 Å². The van der Waals surface area contributed by atoms with Gasteiger partial charge in [-0.25, -0.2) is 8.78 Å². The summed E-state index contributed by atoms with van der Waals surface area (Å²) in [6.45, 7) is 2.75. The fourth-order valence-electron chi connectivity index (χ4n) is 6.94. The Morgan fingerprint density at radius 1 is 1.05 bits per heavy atom. The molecule has 6 rings (SSSR count). The molecule has 12 heteroatoms. The number of carbonyl (C=O) groups excluding carboxylic acids is 2. The second-order valence-corrected chi connectivity index (χ2v) is 12.8. The third kappa shape index (κ3) is 6.04. The zero-order valence-electron chi connectivity index (χ0n) is 24.2. The van der Waals surface area contributed by atoms with Crippen molar-refractivity contribution < 1.29 is 31.5 Å². The molecule has 234 valence electrons. The Balaban J connectivity index is 1.23. The van der Waals surface area contributed by atoms with Crippen LogP contribution in [0.3, 0.4) is 0 Å². The number of piperidine rings is 1. The highest BCUT2D eigenvalue weighted by molar-refractivity contribution is 5.94. The predicted molar refractivity (Wildman–Crippen MR) is 149 cm³/mol. The number of carbonyl (C=O) groups is 2. The maximum Gasteiger partial charge on any atom is 0.417 e. The number of amides is 2. The molecule has 43 heavy (non-hydrogen) atoms. The molecule has 2 amide bonds. The monoisotopic (exact) mass is 607 g/mol. The van der Waals surface area contributed by atoms with E-state index in [0.717, 1.165) is 51.0 Å². The van der Waals surface area contributed by atoms with Crippen LogP contribution in [0, 0.1) is 17.8 Å². The molecule has 2 N–H and O–H groups in total. The van der Waals surface area contributed by atoms with Crippen LogP contribution in [0.4, 0.5) is 22.0 Å². The molecule has 1 saturated heterocycles. The quantitative estimate of drug-likeness (QED) is 0.341. The number of aromatic nitrogens is 2. The van der Waals surface area contributed by atoms with E-state index in [4.69, 9.17) is 0 Å². The first kappa shape index (κ1) is 30.0. The molecule has 7 nitrogen and oxygen atoms in total. The average molecular weight is 608 g/mol. The van der Waals surface area contributed by atoms with Gasteiger partial charge in [0.05, 0.1) is 23.2 Å². The van der Waals surface area contributed by atoms with E-state index in [1.54, 1.807) is 11.6 Å². The lowest BCUT2D eigenvalue weighted by Crippen LogP contribution is -2.50. The molecule has 3 aliphatic carbocycles. The molecule has 1 aromatic heterocycles. The summed E-state index contributed by atoms with van der Waals surface area (Å²) in [6.07, 6.45) is 1.98. The van der Waals surface area contributed by atoms with E-state index in [1.807, 2.05) is 4.90 Å². The van der Waals surface area contributed by atoms with E-state index in [0.29, 0.717) is 13.0 Å². The maximum atomic E-state index is 14.0.